The molecule has 0 saturated carbocycles. The molecular formula is C21H21FN2O4. The maximum atomic E-state index is 13.7. The number of aryl methyl sites for hydroxylation is 1. The van der Waals surface area contributed by atoms with Crippen molar-refractivity contribution in [3.05, 3.63) is 59.4 Å². The third kappa shape index (κ3) is 3.52. The Hall–Kier alpha value is -3.09. The molecule has 0 bridgehead atoms. The van der Waals surface area contributed by atoms with E-state index in [1.807, 2.05) is 12.1 Å². The predicted octanol–water partition coefficient (Wildman–Crippen LogP) is 2.26. The van der Waals surface area contributed by atoms with Crippen molar-refractivity contribution in [3.8, 4) is 11.5 Å². The van der Waals surface area contributed by atoms with Crippen molar-refractivity contribution in [3.63, 3.8) is 0 Å². The highest BCUT2D eigenvalue weighted by atomic mass is 19.1. The van der Waals surface area contributed by atoms with Gasteiger partial charge in [-0.2, -0.15) is 0 Å². The van der Waals surface area contributed by atoms with Crippen molar-refractivity contribution in [1.82, 2.24) is 9.80 Å². The zero-order valence-electron chi connectivity index (χ0n) is 15.6. The van der Waals surface area contributed by atoms with Gasteiger partial charge in [-0.15, -0.1) is 0 Å². The van der Waals surface area contributed by atoms with Gasteiger partial charge in [-0.25, -0.2) is 4.39 Å². The number of halogens is 1. The molecular weight excluding hydrogens is 363 g/mol. The highest BCUT2D eigenvalue weighted by Crippen LogP contribution is 2.31. The standard InChI is InChI=1S/C21H21FN2O4/c1-14-6-7-15(12-16(14)22)20(25)23-8-10-24(11-9-23)21(26)19-13-27-17-4-2-3-5-18(17)28-19/h2-7,12,19H,8-11,13H2,1H3. The van der Waals surface area contributed by atoms with Gasteiger partial charge < -0.3 is 19.3 Å². The van der Waals surface area contributed by atoms with E-state index in [0.717, 1.165) is 0 Å². The summed E-state index contributed by atoms with van der Waals surface area (Å²) in [7, 11) is 0. The fourth-order valence-corrected chi connectivity index (χ4v) is 3.38. The highest BCUT2D eigenvalue weighted by Gasteiger charge is 2.33. The molecule has 1 fully saturated rings. The Morgan fingerprint density at radius 2 is 1.68 bits per heavy atom. The van der Waals surface area contributed by atoms with Gasteiger partial charge in [-0.05, 0) is 36.8 Å². The number of para-hydroxylation sites is 2. The first-order chi connectivity index (χ1) is 13.5. The summed E-state index contributed by atoms with van der Waals surface area (Å²) in [5.74, 6) is 0.421. The van der Waals surface area contributed by atoms with Gasteiger partial charge >= 0.3 is 0 Å². The van der Waals surface area contributed by atoms with E-state index in [9.17, 15) is 14.0 Å². The minimum atomic E-state index is -0.691. The number of carbonyl (C=O) groups is 2. The monoisotopic (exact) mass is 384 g/mol. The molecule has 2 aliphatic heterocycles. The number of amides is 2. The van der Waals surface area contributed by atoms with E-state index in [2.05, 4.69) is 0 Å². The Labute approximate surface area is 162 Å². The van der Waals surface area contributed by atoms with E-state index in [4.69, 9.17) is 9.47 Å². The molecule has 0 aromatic heterocycles. The summed E-state index contributed by atoms with van der Waals surface area (Å²) in [5, 5.41) is 0. The van der Waals surface area contributed by atoms with Crippen LogP contribution in [0.1, 0.15) is 15.9 Å². The average molecular weight is 384 g/mol. The number of nitrogens with zero attached hydrogens (tertiary/aromatic N) is 2. The molecule has 2 heterocycles. The Kier molecular flexibility index (Phi) is 4.90. The fourth-order valence-electron chi connectivity index (χ4n) is 3.38. The second-order valence-electron chi connectivity index (χ2n) is 6.95. The molecule has 0 radical (unpaired) electrons. The van der Waals surface area contributed by atoms with Crippen molar-refractivity contribution in [2.45, 2.75) is 13.0 Å². The van der Waals surface area contributed by atoms with Crippen molar-refractivity contribution in [2.24, 2.45) is 0 Å². The lowest BCUT2D eigenvalue weighted by molar-refractivity contribution is -0.142. The van der Waals surface area contributed by atoms with Gasteiger partial charge in [0.15, 0.2) is 11.5 Å². The summed E-state index contributed by atoms with van der Waals surface area (Å²) < 4.78 is 25.1. The van der Waals surface area contributed by atoms with Crippen LogP contribution in [0.3, 0.4) is 0 Å². The molecule has 6 nitrogen and oxygen atoms in total. The second-order valence-corrected chi connectivity index (χ2v) is 6.95. The van der Waals surface area contributed by atoms with Crippen LogP contribution in [0.5, 0.6) is 11.5 Å². The van der Waals surface area contributed by atoms with E-state index in [-0.39, 0.29) is 18.4 Å². The zero-order valence-corrected chi connectivity index (χ0v) is 15.6. The fraction of sp³-hybridized carbons (Fsp3) is 0.333. The summed E-state index contributed by atoms with van der Waals surface area (Å²) in [5.41, 5.74) is 0.826. The van der Waals surface area contributed by atoms with E-state index in [1.54, 1.807) is 41.0 Å². The quantitative estimate of drug-likeness (QED) is 0.797. The van der Waals surface area contributed by atoms with Crippen LogP contribution < -0.4 is 9.47 Å². The van der Waals surface area contributed by atoms with Crippen LogP contribution in [0.4, 0.5) is 4.39 Å². The first-order valence-electron chi connectivity index (χ1n) is 9.25. The van der Waals surface area contributed by atoms with Crippen molar-refractivity contribution < 1.29 is 23.5 Å². The molecule has 2 aromatic rings. The van der Waals surface area contributed by atoms with Gasteiger partial charge in [0.05, 0.1) is 0 Å². The van der Waals surface area contributed by atoms with Crippen LogP contribution in [0, 0.1) is 12.7 Å². The smallest absolute Gasteiger partial charge is 0.267 e. The Balaban J connectivity index is 1.35. The summed E-state index contributed by atoms with van der Waals surface area (Å²) in [6.07, 6.45) is -0.691. The number of benzene rings is 2. The van der Waals surface area contributed by atoms with E-state index in [0.29, 0.717) is 48.8 Å². The lowest BCUT2D eigenvalue weighted by atomic mass is 10.1. The number of ether oxygens (including phenoxy) is 2. The van der Waals surface area contributed by atoms with Crippen LogP contribution in [-0.2, 0) is 4.79 Å². The van der Waals surface area contributed by atoms with Crippen molar-refractivity contribution in [1.29, 1.82) is 0 Å². The lowest BCUT2D eigenvalue weighted by Crippen LogP contribution is -2.55. The number of hydrogen-bond donors (Lipinski definition) is 0. The molecule has 7 heteroatoms. The Bertz CT molecular complexity index is 909. The maximum absolute atomic E-state index is 13.7. The van der Waals surface area contributed by atoms with E-state index < -0.39 is 11.9 Å². The molecule has 1 atom stereocenters. The minimum absolute atomic E-state index is 0.150. The number of piperazine rings is 1. The average Bonchev–Trinajstić information content (AvgIpc) is 2.74. The molecule has 0 aliphatic carbocycles. The molecule has 0 N–H and O–H groups in total. The third-order valence-corrected chi connectivity index (χ3v) is 5.08. The van der Waals surface area contributed by atoms with Gasteiger partial charge in [0.2, 0.25) is 6.10 Å². The molecule has 2 amide bonds. The summed E-state index contributed by atoms with van der Waals surface area (Å²) in [4.78, 5) is 28.7. The van der Waals surface area contributed by atoms with Gasteiger partial charge in [-0.1, -0.05) is 18.2 Å². The zero-order chi connectivity index (χ0) is 19.7. The van der Waals surface area contributed by atoms with Gasteiger partial charge in [-0.3, -0.25) is 9.59 Å². The highest BCUT2D eigenvalue weighted by molar-refractivity contribution is 5.94. The number of fused-ring (bicyclic) bond motifs is 1. The summed E-state index contributed by atoms with van der Waals surface area (Å²) >= 11 is 0. The number of carbonyl (C=O) groups excluding carboxylic acids is 2. The molecule has 1 unspecified atom stereocenters. The van der Waals surface area contributed by atoms with E-state index in [1.165, 1.54) is 6.07 Å². The van der Waals surface area contributed by atoms with Crippen LogP contribution in [0.2, 0.25) is 0 Å². The van der Waals surface area contributed by atoms with Crippen LogP contribution in [-0.4, -0.2) is 60.5 Å². The van der Waals surface area contributed by atoms with Crippen LogP contribution in [0.25, 0.3) is 0 Å². The molecule has 2 aromatic carbocycles. The number of rotatable bonds is 2. The largest absolute Gasteiger partial charge is 0.485 e. The first-order valence-corrected chi connectivity index (χ1v) is 9.25. The first kappa shape index (κ1) is 18.3. The lowest BCUT2D eigenvalue weighted by Gasteiger charge is -2.37. The second kappa shape index (κ2) is 7.50. The van der Waals surface area contributed by atoms with Crippen LogP contribution >= 0.6 is 0 Å². The van der Waals surface area contributed by atoms with Crippen LogP contribution in [0.15, 0.2) is 42.5 Å². The molecule has 146 valence electrons. The number of hydrogen-bond acceptors (Lipinski definition) is 4. The molecule has 1 saturated heterocycles. The SMILES string of the molecule is Cc1ccc(C(=O)N2CCN(C(=O)C3COc4ccccc4O3)CC2)cc1F. The topological polar surface area (TPSA) is 59.1 Å². The molecule has 4 rings (SSSR count). The molecule has 0 spiro atoms. The Morgan fingerprint density at radius 3 is 2.39 bits per heavy atom. The van der Waals surface area contributed by atoms with Gasteiger partial charge in [0, 0.05) is 31.7 Å². The van der Waals surface area contributed by atoms with E-state index >= 15 is 0 Å². The minimum Gasteiger partial charge on any atom is -0.485 e. The van der Waals surface area contributed by atoms with Crippen molar-refractivity contribution in [2.75, 3.05) is 32.8 Å². The van der Waals surface area contributed by atoms with Gasteiger partial charge in [0.25, 0.3) is 11.8 Å². The predicted molar refractivity (Wildman–Crippen MR) is 100.0 cm³/mol. The normalized spacial score (nSPS) is 18.7. The Morgan fingerprint density at radius 1 is 1.00 bits per heavy atom. The molecule has 28 heavy (non-hydrogen) atoms. The summed E-state index contributed by atoms with van der Waals surface area (Å²) in [6, 6.07) is 11.7. The summed E-state index contributed by atoms with van der Waals surface area (Å²) in [6.45, 7) is 3.41. The maximum Gasteiger partial charge on any atom is 0.267 e. The van der Waals surface area contributed by atoms with Gasteiger partial charge in [0.1, 0.15) is 12.4 Å². The van der Waals surface area contributed by atoms with Crippen molar-refractivity contribution >= 4 is 11.8 Å². The molecule has 2 aliphatic rings. The third-order valence-electron chi connectivity index (χ3n) is 5.08.